The van der Waals surface area contributed by atoms with Gasteiger partial charge in [0.1, 0.15) is 0 Å². The quantitative estimate of drug-likeness (QED) is 0.876. The maximum absolute atomic E-state index is 11.2. The number of anilines is 1. The molecule has 0 radical (unpaired) electrons. The number of rotatable bonds is 5. The number of benzene rings is 1. The van der Waals surface area contributed by atoms with E-state index in [2.05, 4.69) is 10.1 Å². The molecule has 0 aliphatic heterocycles. The number of nitrogens with one attached hydrogen (secondary N) is 1. The van der Waals surface area contributed by atoms with Crippen LogP contribution in [0, 0.1) is 6.92 Å². The Hall–Kier alpha value is -1.91. The Kier molecular flexibility index (Phi) is 5.30. The van der Waals surface area contributed by atoms with Crippen LogP contribution in [0.4, 0.5) is 10.5 Å². The van der Waals surface area contributed by atoms with Gasteiger partial charge in [-0.3, -0.25) is 5.32 Å². The zero-order valence-corrected chi connectivity index (χ0v) is 11.2. The molecule has 100 valence electrons. The molecule has 0 heterocycles. The SMILES string of the molecule is CCOc1cc(NC(=O)OC)cc(C)c1OCC. The lowest BCUT2D eigenvalue weighted by atomic mass is 10.2. The molecule has 18 heavy (non-hydrogen) atoms. The van der Waals surface area contributed by atoms with E-state index in [1.807, 2.05) is 26.8 Å². The summed E-state index contributed by atoms with van der Waals surface area (Å²) < 4.78 is 15.6. The molecular formula is C13H19NO4. The van der Waals surface area contributed by atoms with E-state index in [-0.39, 0.29) is 0 Å². The van der Waals surface area contributed by atoms with E-state index in [4.69, 9.17) is 9.47 Å². The topological polar surface area (TPSA) is 56.8 Å². The van der Waals surface area contributed by atoms with Gasteiger partial charge in [-0.1, -0.05) is 0 Å². The molecule has 0 saturated carbocycles. The van der Waals surface area contributed by atoms with E-state index in [1.165, 1.54) is 7.11 Å². The van der Waals surface area contributed by atoms with Crippen LogP contribution in [0.3, 0.4) is 0 Å². The number of ether oxygens (including phenoxy) is 3. The Balaban J connectivity index is 3.05. The lowest BCUT2D eigenvalue weighted by Gasteiger charge is -2.15. The van der Waals surface area contributed by atoms with Crippen molar-refractivity contribution in [3.05, 3.63) is 17.7 Å². The zero-order valence-electron chi connectivity index (χ0n) is 11.2. The Labute approximate surface area is 107 Å². The van der Waals surface area contributed by atoms with Gasteiger partial charge in [0.25, 0.3) is 0 Å². The molecule has 1 aromatic carbocycles. The van der Waals surface area contributed by atoms with Gasteiger partial charge >= 0.3 is 6.09 Å². The molecule has 1 aromatic rings. The summed E-state index contributed by atoms with van der Waals surface area (Å²) in [5.41, 5.74) is 1.51. The molecule has 0 fully saturated rings. The van der Waals surface area contributed by atoms with Gasteiger partial charge in [0.2, 0.25) is 0 Å². The minimum atomic E-state index is -0.513. The second-order valence-corrected chi connectivity index (χ2v) is 3.60. The summed E-state index contributed by atoms with van der Waals surface area (Å²) in [6.07, 6.45) is -0.513. The third-order valence-corrected chi connectivity index (χ3v) is 2.26. The maximum Gasteiger partial charge on any atom is 0.411 e. The van der Waals surface area contributed by atoms with Crippen molar-refractivity contribution in [1.29, 1.82) is 0 Å². The van der Waals surface area contributed by atoms with Crippen molar-refractivity contribution in [3.8, 4) is 11.5 Å². The molecule has 0 aromatic heterocycles. The summed E-state index contributed by atoms with van der Waals surface area (Å²) in [6.45, 7) is 6.79. The van der Waals surface area contributed by atoms with Crippen LogP contribution in [-0.2, 0) is 4.74 Å². The summed E-state index contributed by atoms with van der Waals surface area (Å²) in [5, 5.41) is 2.60. The highest BCUT2D eigenvalue weighted by atomic mass is 16.5. The van der Waals surface area contributed by atoms with Crippen LogP contribution < -0.4 is 14.8 Å². The number of carbonyl (C=O) groups excluding carboxylic acids is 1. The van der Waals surface area contributed by atoms with Gasteiger partial charge in [0.15, 0.2) is 11.5 Å². The first kappa shape index (κ1) is 14.2. The Bertz CT molecular complexity index is 418. The van der Waals surface area contributed by atoms with Gasteiger partial charge < -0.3 is 14.2 Å². The number of hydrogen-bond acceptors (Lipinski definition) is 4. The summed E-state index contributed by atoms with van der Waals surface area (Å²) in [4.78, 5) is 11.2. The molecule has 1 N–H and O–H groups in total. The molecular weight excluding hydrogens is 234 g/mol. The molecule has 1 amide bonds. The van der Waals surface area contributed by atoms with Crippen molar-refractivity contribution >= 4 is 11.8 Å². The number of methoxy groups -OCH3 is 1. The first-order valence-electron chi connectivity index (χ1n) is 5.87. The third kappa shape index (κ3) is 3.55. The van der Waals surface area contributed by atoms with Crippen molar-refractivity contribution in [2.45, 2.75) is 20.8 Å². The van der Waals surface area contributed by atoms with Crippen LogP contribution >= 0.6 is 0 Å². The Morgan fingerprint density at radius 2 is 1.89 bits per heavy atom. The monoisotopic (exact) mass is 253 g/mol. The predicted molar refractivity (Wildman–Crippen MR) is 69.5 cm³/mol. The highest BCUT2D eigenvalue weighted by Crippen LogP contribution is 2.34. The molecule has 5 nitrogen and oxygen atoms in total. The van der Waals surface area contributed by atoms with Crippen LogP contribution in [-0.4, -0.2) is 26.4 Å². The molecule has 5 heteroatoms. The average Bonchev–Trinajstić information content (AvgIpc) is 2.34. The summed E-state index contributed by atoms with van der Waals surface area (Å²) in [6, 6.07) is 3.53. The lowest BCUT2D eigenvalue weighted by molar-refractivity contribution is 0.187. The van der Waals surface area contributed by atoms with E-state index in [1.54, 1.807) is 6.07 Å². The maximum atomic E-state index is 11.2. The highest BCUT2D eigenvalue weighted by Gasteiger charge is 2.12. The van der Waals surface area contributed by atoms with E-state index < -0.39 is 6.09 Å². The van der Waals surface area contributed by atoms with Crippen LogP contribution in [0.2, 0.25) is 0 Å². The van der Waals surface area contributed by atoms with E-state index in [0.717, 1.165) is 5.56 Å². The molecule has 0 atom stereocenters. The highest BCUT2D eigenvalue weighted by molar-refractivity contribution is 5.85. The first-order chi connectivity index (χ1) is 8.62. The van der Waals surface area contributed by atoms with Gasteiger partial charge in [-0.25, -0.2) is 4.79 Å². The summed E-state index contributed by atoms with van der Waals surface area (Å²) in [7, 11) is 1.32. The van der Waals surface area contributed by atoms with Crippen molar-refractivity contribution in [2.24, 2.45) is 0 Å². The van der Waals surface area contributed by atoms with Gasteiger partial charge in [0.05, 0.1) is 20.3 Å². The summed E-state index contributed by atoms with van der Waals surface area (Å²) in [5.74, 6) is 1.32. The minimum Gasteiger partial charge on any atom is -0.490 e. The van der Waals surface area contributed by atoms with Crippen LogP contribution in [0.15, 0.2) is 12.1 Å². The van der Waals surface area contributed by atoms with Crippen molar-refractivity contribution < 1.29 is 19.0 Å². The fourth-order valence-electron chi connectivity index (χ4n) is 1.57. The van der Waals surface area contributed by atoms with Crippen LogP contribution in [0.25, 0.3) is 0 Å². The van der Waals surface area contributed by atoms with E-state index >= 15 is 0 Å². The molecule has 0 saturated heterocycles. The second-order valence-electron chi connectivity index (χ2n) is 3.60. The largest absolute Gasteiger partial charge is 0.490 e. The number of amides is 1. The van der Waals surface area contributed by atoms with E-state index in [9.17, 15) is 4.79 Å². The fourth-order valence-corrected chi connectivity index (χ4v) is 1.57. The lowest BCUT2D eigenvalue weighted by Crippen LogP contribution is -2.11. The zero-order chi connectivity index (χ0) is 13.5. The number of aryl methyl sites for hydroxylation is 1. The summed E-state index contributed by atoms with van der Waals surface area (Å²) >= 11 is 0. The first-order valence-corrected chi connectivity index (χ1v) is 5.87. The predicted octanol–water partition coefficient (Wildman–Crippen LogP) is 2.97. The van der Waals surface area contributed by atoms with Crippen molar-refractivity contribution in [2.75, 3.05) is 25.6 Å². The smallest absolute Gasteiger partial charge is 0.411 e. The third-order valence-electron chi connectivity index (χ3n) is 2.26. The van der Waals surface area contributed by atoms with Crippen LogP contribution in [0.5, 0.6) is 11.5 Å². The van der Waals surface area contributed by atoms with E-state index in [0.29, 0.717) is 30.4 Å². The van der Waals surface area contributed by atoms with Gasteiger partial charge in [0, 0.05) is 11.8 Å². The van der Waals surface area contributed by atoms with Gasteiger partial charge in [-0.05, 0) is 32.4 Å². The molecule has 0 bridgehead atoms. The standard InChI is InChI=1S/C13H19NO4/c1-5-17-11-8-10(14-13(15)16-4)7-9(3)12(11)18-6-2/h7-8H,5-6H2,1-4H3,(H,14,15). The number of hydrogen-bond donors (Lipinski definition) is 1. The normalized spacial score (nSPS) is 9.78. The fraction of sp³-hybridized carbons (Fsp3) is 0.462. The Morgan fingerprint density at radius 1 is 1.22 bits per heavy atom. The second kappa shape index (κ2) is 6.74. The number of carbonyl (C=O) groups is 1. The van der Waals surface area contributed by atoms with Gasteiger partial charge in [-0.15, -0.1) is 0 Å². The van der Waals surface area contributed by atoms with Crippen molar-refractivity contribution in [3.63, 3.8) is 0 Å². The molecule has 0 spiro atoms. The van der Waals surface area contributed by atoms with Gasteiger partial charge in [-0.2, -0.15) is 0 Å². The molecule has 0 unspecified atom stereocenters. The minimum absolute atomic E-state index is 0.513. The molecule has 0 aliphatic rings. The van der Waals surface area contributed by atoms with Crippen LogP contribution in [0.1, 0.15) is 19.4 Å². The molecule has 0 aliphatic carbocycles. The average molecular weight is 253 g/mol. The Morgan fingerprint density at radius 3 is 2.44 bits per heavy atom. The van der Waals surface area contributed by atoms with Crippen molar-refractivity contribution in [1.82, 2.24) is 0 Å². The molecule has 1 rings (SSSR count).